The van der Waals surface area contributed by atoms with Crippen LogP contribution in [0.3, 0.4) is 0 Å². The number of hydrogen-bond acceptors (Lipinski definition) is 3. The molecule has 0 aromatic heterocycles. The molecular formula is C10H21N3S. The van der Waals surface area contributed by atoms with Gasteiger partial charge in [0.2, 0.25) is 0 Å². The Kier molecular flexibility index (Phi) is 4.78. The maximum atomic E-state index is 5.47. The summed E-state index contributed by atoms with van der Waals surface area (Å²) in [5.41, 5.74) is 5.47. The summed E-state index contributed by atoms with van der Waals surface area (Å²) in [4.78, 5) is 5.39. The predicted octanol–water partition coefficient (Wildman–Crippen LogP) is 0.689. The highest BCUT2D eigenvalue weighted by atomic mass is 32.1. The van der Waals surface area contributed by atoms with E-state index in [0.717, 1.165) is 25.6 Å². The molecule has 0 radical (unpaired) electrons. The molecule has 3 nitrogen and oxygen atoms in total. The Morgan fingerprint density at radius 3 is 2.86 bits per heavy atom. The Morgan fingerprint density at radius 1 is 1.64 bits per heavy atom. The molecule has 1 heterocycles. The fourth-order valence-corrected chi connectivity index (χ4v) is 2.05. The number of nitrogens with two attached hydrogens (primary N) is 1. The average molecular weight is 215 g/mol. The first kappa shape index (κ1) is 11.9. The van der Waals surface area contributed by atoms with Crippen molar-refractivity contribution < 1.29 is 0 Å². The minimum Gasteiger partial charge on any atom is -0.393 e. The Labute approximate surface area is 92.2 Å². The first-order chi connectivity index (χ1) is 6.59. The Balaban J connectivity index is 2.19. The monoisotopic (exact) mass is 215 g/mol. The van der Waals surface area contributed by atoms with Crippen molar-refractivity contribution in [2.24, 2.45) is 5.73 Å². The van der Waals surface area contributed by atoms with E-state index in [1.807, 2.05) is 0 Å². The predicted molar refractivity (Wildman–Crippen MR) is 64.6 cm³/mol. The van der Waals surface area contributed by atoms with Crippen LogP contribution < -0.4 is 5.73 Å². The topological polar surface area (TPSA) is 32.5 Å². The molecule has 1 rings (SSSR count). The van der Waals surface area contributed by atoms with Gasteiger partial charge in [0.15, 0.2) is 0 Å². The summed E-state index contributed by atoms with van der Waals surface area (Å²) < 4.78 is 0. The van der Waals surface area contributed by atoms with Crippen molar-refractivity contribution in [3.8, 4) is 0 Å². The van der Waals surface area contributed by atoms with Gasteiger partial charge in [-0.25, -0.2) is 0 Å². The molecule has 14 heavy (non-hydrogen) atoms. The van der Waals surface area contributed by atoms with Crippen molar-refractivity contribution in [3.63, 3.8) is 0 Å². The van der Waals surface area contributed by atoms with Gasteiger partial charge < -0.3 is 15.5 Å². The zero-order valence-electron chi connectivity index (χ0n) is 9.20. The molecule has 1 unspecified atom stereocenters. The van der Waals surface area contributed by atoms with E-state index in [1.54, 1.807) is 0 Å². The molecule has 0 bridgehead atoms. The smallest absolute Gasteiger partial charge is 0.0740 e. The molecule has 0 amide bonds. The second-order valence-electron chi connectivity index (χ2n) is 4.26. The lowest BCUT2D eigenvalue weighted by atomic mass is 10.2. The second kappa shape index (κ2) is 5.63. The number of rotatable bonds is 5. The second-order valence-corrected chi connectivity index (χ2v) is 4.78. The van der Waals surface area contributed by atoms with Crippen LogP contribution in [-0.4, -0.2) is 54.6 Å². The first-order valence-corrected chi connectivity index (χ1v) is 5.67. The lowest BCUT2D eigenvalue weighted by Crippen LogP contribution is -2.37. The van der Waals surface area contributed by atoms with Crippen LogP contribution in [0.4, 0.5) is 0 Å². The highest BCUT2D eigenvalue weighted by molar-refractivity contribution is 7.80. The van der Waals surface area contributed by atoms with Crippen molar-refractivity contribution in [3.05, 3.63) is 0 Å². The number of thiocarbonyl (C=S) groups is 1. The van der Waals surface area contributed by atoms with Crippen molar-refractivity contribution in [1.29, 1.82) is 0 Å². The lowest BCUT2D eigenvalue weighted by molar-refractivity contribution is 0.223. The van der Waals surface area contributed by atoms with Crippen LogP contribution in [0.15, 0.2) is 0 Å². The average Bonchev–Trinajstić information content (AvgIpc) is 2.49. The molecule has 0 aromatic carbocycles. The molecule has 0 saturated carbocycles. The van der Waals surface area contributed by atoms with Crippen molar-refractivity contribution >= 4 is 17.2 Å². The first-order valence-electron chi connectivity index (χ1n) is 5.26. The van der Waals surface area contributed by atoms with Gasteiger partial charge in [0.25, 0.3) is 0 Å². The molecule has 4 heteroatoms. The van der Waals surface area contributed by atoms with E-state index in [9.17, 15) is 0 Å². The molecule has 2 N–H and O–H groups in total. The van der Waals surface area contributed by atoms with Gasteiger partial charge in [-0.1, -0.05) is 12.2 Å². The molecule has 1 fully saturated rings. The standard InChI is InChI=1S/C10H21N3S/c1-12(7-5-10(11)14)8-9-4-3-6-13(9)2/h9H,3-8H2,1-2H3,(H2,11,14). The van der Waals surface area contributed by atoms with Gasteiger partial charge in [0, 0.05) is 25.6 Å². The molecule has 1 atom stereocenters. The van der Waals surface area contributed by atoms with Crippen LogP contribution in [0.25, 0.3) is 0 Å². The van der Waals surface area contributed by atoms with E-state index in [-0.39, 0.29) is 0 Å². The molecule has 0 aromatic rings. The van der Waals surface area contributed by atoms with Gasteiger partial charge in [0.05, 0.1) is 4.99 Å². The summed E-state index contributed by atoms with van der Waals surface area (Å²) in [6.07, 6.45) is 3.50. The van der Waals surface area contributed by atoms with Crippen LogP contribution in [-0.2, 0) is 0 Å². The summed E-state index contributed by atoms with van der Waals surface area (Å²) in [5.74, 6) is 0. The third kappa shape index (κ3) is 3.90. The molecule has 1 saturated heterocycles. The van der Waals surface area contributed by atoms with Crippen LogP contribution in [0, 0.1) is 0 Å². The van der Waals surface area contributed by atoms with E-state index in [2.05, 4.69) is 23.9 Å². The highest BCUT2D eigenvalue weighted by Crippen LogP contribution is 2.15. The van der Waals surface area contributed by atoms with Gasteiger partial charge in [-0.05, 0) is 33.5 Å². The Hall–Kier alpha value is -0.190. The van der Waals surface area contributed by atoms with Gasteiger partial charge in [-0.3, -0.25) is 0 Å². The normalized spacial score (nSPS) is 23.2. The number of likely N-dealkylation sites (N-methyl/N-ethyl adjacent to an activating group) is 2. The minimum atomic E-state index is 0.622. The van der Waals surface area contributed by atoms with Crippen molar-refractivity contribution in [2.45, 2.75) is 25.3 Å². The maximum absolute atomic E-state index is 5.47. The summed E-state index contributed by atoms with van der Waals surface area (Å²) >= 11 is 4.86. The number of hydrogen-bond donors (Lipinski definition) is 1. The van der Waals surface area contributed by atoms with E-state index < -0.39 is 0 Å². The summed E-state index contributed by atoms with van der Waals surface area (Å²) in [6, 6.07) is 0.728. The summed E-state index contributed by atoms with van der Waals surface area (Å²) in [5, 5.41) is 0. The molecule has 1 aliphatic heterocycles. The van der Waals surface area contributed by atoms with Crippen molar-refractivity contribution in [1.82, 2.24) is 9.80 Å². The van der Waals surface area contributed by atoms with Gasteiger partial charge in [-0.15, -0.1) is 0 Å². The Morgan fingerprint density at radius 2 is 2.36 bits per heavy atom. The Bertz CT molecular complexity index is 196. The molecule has 0 aliphatic carbocycles. The fraction of sp³-hybridized carbons (Fsp3) is 0.900. The van der Waals surface area contributed by atoms with Crippen LogP contribution in [0.1, 0.15) is 19.3 Å². The summed E-state index contributed by atoms with van der Waals surface area (Å²) in [7, 11) is 4.35. The lowest BCUT2D eigenvalue weighted by Gasteiger charge is -2.25. The molecular weight excluding hydrogens is 194 g/mol. The molecule has 0 spiro atoms. The van der Waals surface area contributed by atoms with Gasteiger partial charge in [0.1, 0.15) is 0 Å². The third-order valence-electron chi connectivity index (χ3n) is 2.93. The van der Waals surface area contributed by atoms with Crippen LogP contribution >= 0.6 is 12.2 Å². The SMILES string of the molecule is CN(CCC(N)=S)CC1CCCN1C. The molecule has 1 aliphatic rings. The van der Waals surface area contributed by atoms with Crippen molar-refractivity contribution in [2.75, 3.05) is 33.7 Å². The van der Waals surface area contributed by atoms with Gasteiger partial charge in [-0.2, -0.15) is 0 Å². The highest BCUT2D eigenvalue weighted by Gasteiger charge is 2.21. The zero-order chi connectivity index (χ0) is 10.6. The van der Waals surface area contributed by atoms with E-state index in [4.69, 9.17) is 18.0 Å². The maximum Gasteiger partial charge on any atom is 0.0740 e. The zero-order valence-corrected chi connectivity index (χ0v) is 10.0. The quantitative estimate of drug-likeness (QED) is 0.684. The largest absolute Gasteiger partial charge is 0.393 e. The molecule has 82 valence electrons. The van der Waals surface area contributed by atoms with E-state index >= 15 is 0 Å². The summed E-state index contributed by atoms with van der Waals surface area (Å²) in [6.45, 7) is 3.37. The fourth-order valence-electron chi connectivity index (χ4n) is 1.96. The van der Waals surface area contributed by atoms with E-state index in [1.165, 1.54) is 19.4 Å². The van der Waals surface area contributed by atoms with Crippen LogP contribution in [0.5, 0.6) is 0 Å². The van der Waals surface area contributed by atoms with Gasteiger partial charge >= 0.3 is 0 Å². The van der Waals surface area contributed by atoms with E-state index in [0.29, 0.717) is 4.99 Å². The number of nitrogens with zero attached hydrogens (tertiary/aromatic N) is 2. The number of likely N-dealkylation sites (tertiary alicyclic amines) is 1. The minimum absolute atomic E-state index is 0.622. The third-order valence-corrected chi connectivity index (χ3v) is 3.14. The van der Waals surface area contributed by atoms with Crippen LogP contribution in [0.2, 0.25) is 0 Å².